The van der Waals surface area contributed by atoms with Crippen LogP contribution in [0.5, 0.6) is 5.75 Å². The van der Waals surface area contributed by atoms with Gasteiger partial charge in [-0.1, -0.05) is 41.9 Å². The SMILES string of the molecule is CCOc1ccccc1NC(=S)Nc1cnn(Cc2ccccc2Cl)c1. The predicted molar refractivity (Wildman–Crippen MR) is 110 cm³/mol. The van der Waals surface area contributed by atoms with E-state index in [2.05, 4.69) is 15.7 Å². The molecule has 2 aromatic carbocycles. The minimum Gasteiger partial charge on any atom is -0.492 e. The van der Waals surface area contributed by atoms with Gasteiger partial charge in [-0.2, -0.15) is 5.10 Å². The molecule has 1 aromatic heterocycles. The first-order valence-electron chi connectivity index (χ1n) is 8.21. The first-order chi connectivity index (χ1) is 12.7. The highest BCUT2D eigenvalue weighted by Gasteiger charge is 2.07. The molecule has 0 amide bonds. The molecule has 0 atom stereocenters. The summed E-state index contributed by atoms with van der Waals surface area (Å²) < 4.78 is 7.40. The molecule has 0 radical (unpaired) electrons. The zero-order valence-electron chi connectivity index (χ0n) is 14.3. The van der Waals surface area contributed by atoms with E-state index >= 15 is 0 Å². The number of benzene rings is 2. The summed E-state index contributed by atoms with van der Waals surface area (Å²) in [6.07, 6.45) is 3.60. The van der Waals surface area contributed by atoms with E-state index in [0.717, 1.165) is 27.7 Å². The molecule has 0 aliphatic rings. The number of anilines is 2. The van der Waals surface area contributed by atoms with Gasteiger partial charge in [0.2, 0.25) is 0 Å². The fraction of sp³-hybridized carbons (Fsp3) is 0.158. The van der Waals surface area contributed by atoms with Crippen LogP contribution in [0.4, 0.5) is 11.4 Å². The third kappa shape index (κ3) is 4.74. The Hall–Kier alpha value is -2.57. The predicted octanol–water partition coefficient (Wildman–Crippen LogP) is 4.79. The van der Waals surface area contributed by atoms with Crippen LogP contribution in [0.15, 0.2) is 60.9 Å². The Morgan fingerprint density at radius 3 is 2.73 bits per heavy atom. The zero-order chi connectivity index (χ0) is 18.4. The second-order valence-electron chi connectivity index (χ2n) is 5.53. The maximum absolute atomic E-state index is 6.20. The number of halogens is 1. The first-order valence-corrected chi connectivity index (χ1v) is 9.00. The van der Waals surface area contributed by atoms with Crippen molar-refractivity contribution in [3.8, 4) is 5.75 Å². The van der Waals surface area contributed by atoms with Crippen LogP contribution in [0.2, 0.25) is 5.02 Å². The van der Waals surface area contributed by atoms with Crippen molar-refractivity contribution < 1.29 is 4.74 Å². The molecule has 2 N–H and O–H groups in total. The number of para-hydroxylation sites is 2. The van der Waals surface area contributed by atoms with Crippen molar-refractivity contribution in [2.75, 3.05) is 17.2 Å². The Morgan fingerprint density at radius 2 is 1.92 bits per heavy atom. The van der Waals surface area contributed by atoms with E-state index in [-0.39, 0.29) is 0 Å². The summed E-state index contributed by atoms with van der Waals surface area (Å²) >= 11 is 11.6. The molecule has 0 fully saturated rings. The molecular weight excluding hydrogens is 368 g/mol. The minimum atomic E-state index is 0.467. The molecule has 0 saturated heterocycles. The van der Waals surface area contributed by atoms with Gasteiger partial charge in [-0.25, -0.2) is 0 Å². The van der Waals surface area contributed by atoms with Crippen molar-refractivity contribution >= 4 is 40.3 Å². The molecule has 26 heavy (non-hydrogen) atoms. The fourth-order valence-corrected chi connectivity index (χ4v) is 2.87. The number of ether oxygens (including phenoxy) is 1. The van der Waals surface area contributed by atoms with Crippen LogP contribution in [0.1, 0.15) is 12.5 Å². The molecule has 0 unspecified atom stereocenters. The molecule has 134 valence electrons. The molecule has 7 heteroatoms. The zero-order valence-corrected chi connectivity index (χ0v) is 15.8. The Bertz CT molecular complexity index is 897. The molecule has 0 spiro atoms. The van der Waals surface area contributed by atoms with Crippen LogP contribution in [0.3, 0.4) is 0 Å². The Kier molecular flexibility index (Phi) is 6.09. The number of nitrogens with zero attached hydrogens (tertiary/aromatic N) is 2. The lowest BCUT2D eigenvalue weighted by molar-refractivity contribution is 0.342. The third-order valence-corrected chi connectivity index (χ3v) is 4.19. The largest absolute Gasteiger partial charge is 0.492 e. The Labute approximate surface area is 162 Å². The highest BCUT2D eigenvalue weighted by molar-refractivity contribution is 7.80. The van der Waals surface area contributed by atoms with Gasteiger partial charge >= 0.3 is 0 Å². The van der Waals surface area contributed by atoms with Crippen LogP contribution in [-0.2, 0) is 6.54 Å². The number of thiocarbonyl (C=S) groups is 1. The van der Waals surface area contributed by atoms with Gasteiger partial charge in [0.05, 0.1) is 30.7 Å². The van der Waals surface area contributed by atoms with E-state index in [0.29, 0.717) is 18.3 Å². The topological polar surface area (TPSA) is 51.1 Å². The van der Waals surface area contributed by atoms with E-state index < -0.39 is 0 Å². The van der Waals surface area contributed by atoms with Gasteiger partial charge in [0.15, 0.2) is 5.11 Å². The fourth-order valence-electron chi connectivity index (χ4n) is 2.45. The molecular formula is C19H19ClN4OS. The first kappa shape index (κ1) is 18.2. The Balaban J connectivity index is 1.62. The maximum Gasteiger partial charge on any atom is 0.175 e. The van der Waals surface area contributed by atoms with Crippen LogP contribution in [0.25, 0.3) is 0 Å². The number of aromatic nitrogens is 2. The third-order valence-electron chi connectivity index (χ3n) is 3.62. The highest BCUT2D eigenvalue weighted by atomic mass is 35.5. The van der Waals surface area contributed by atoms with E-state index in [1.807, 2.05) is 61.7 Å². The van der Waals surface area contributed by atoms with Crippen molar-refractivity contribution in [3.05, 3.63) is 71.5 Å². The molecule has 0 aliphatic heterocycles. The van der Waals surface area contributed by atoms with Crippen molar-refractivity contribution in [1.82, 2.24) is 9.78 Å². The number of hydrogen-bond acceptors (Lipinski definition) is 3. The molecule has 0 aliphatic carbocycles. The smallest absolute Gasteiger partial charge is 0.175 e. The lowest BCUT2D eigenvalue weighted by Crippen LogP contribution is -2.19. The van der Waals surface area contributed by atoms with E-state index in [4.69, 9.17) is 28.6 Å². The van der Waals surface area contributed by atoms with Gasteiger partial charge in [0, 0.05) is 11.2 Å². The molecule has 5 nitrogen and oxygen atoms in total. The van der Waals surface area contributed by atoms with Gasteiger partial charge < -0.3 is 15.4 Å². The molecule has 0 saturated carbocycles. The minimum absolute atomic E-state index is 0.467. The monoisotopic (exact) mass is 386 g/mol. The molecule has 0 bridgehead atoms. The summed E-state index contributed by atoms with van der Waals surface area (Å²) in [5.74, 6) is 0.758. The van der Waals surface area contributed by atoms with E-state index in [1.165, 1.54) is 0 Å². The molecule has 3 rings (SSSR count). The Morgan fingerprint density at radius 1 is 1.15 bits per heavy atom. The number of nitrogens with one attached hydrogen (secondary N) is 2. The normalized spacial score (nSPS) is 10.4. The molecule has 1 heterocycles. The van der Waals surface area contributed by atoms with Crippen molar-refractivity contribution in [2.24, 2.45) is 0 Å². The lowest BCUT2D eigenvalue weighted by Gasteiger charge is -2.13. The molecule has 3 aromatic rings. The lowest BCUT2D eigenvalue weighted by atomic mass is 10.2. The second kappa shape index (κ2) is 8.69. The van der Waals surface area contributed by atoms with E-state index in [1.54, 1.807) is 10.9 Å². The van der Waals surface area contributed by atoms with Crippen molar-refractivity contribution in [1.29, 1.82) is 0 Å². The highest BCUT2D eigenvalue weighted by Crippen LogP contribution is 2.24. The second-order valence-corrected chi connectivity index (χ2v) is 6.34. The van der Waals surface area contributed by atoms with Crippen molar-refractivity contribution in [2.45, 2.75) is 13.5 Å². The number of rotatable bonds is 6. The quantitative estimate of drug-likeness (QED) is 0.596. The summed E-state index contributed by atoms with van der Waals surface area (Å²) in [7, 11) is 0. The summed E-state index contributed by atoms with van der Waals surface area (Å²) in [4.78, 5) is 0. The van der Waals surface area contributed by atoms with Crippen LogP contribution in [-0.4, -0.2) is 21.5 Å². The summed E-state index contributed by atoms with van der Waals surface area (Å²) in [6.45, 7) is 3.13. The van der Waals surface area contributed by atoms with Crippen LogP contribution >= 0.6 is 23.8 Å². The van der Waals surface area contributed by atoms with Crippen molar-refractivity contribution in [3.63, 3.8) is 0 Å². The van der Waals surface area contributed by atoms with Gasteiger partial charge in [-0.05, 0) is 42.9 Å². The number of hydrogen-bond donors (Lipinski definition) is 2. The summed E-state index contributed by atoms with van der Waals surface area (Å²) in [6, 6.07) is 15.4. The standard InChI is InChI=1S/C19H19ClN4OS/c1-2-25-18-10-6-5-9-17(18)23-19(26)22-15-11-21-24(13-15)12-14-7-3-4-8-16(14)20/h3-11,13H,2,12H2,1H3,(H2,22,23,26). The van der Waals surface area contributed by atoms with E-state index in [9.17, 15) is 0 Å². The van der Waals surface area contributed by atoms with Crippen LogP contribution in [0, 0.1) is 0 Å². The average molecular weight is 387 g/mol. The maximum atomic E-state index is 6.20. The summed E-state index contributed by atoms with van der Waals surface area (Å²) in [5.41, 5.74) is 2.62. The average Bonchev–Trinajstić information content (AvgIpc) is 3.06. The van der Waals surface area contributed by atoms with Gasteiger partial charge in [-0.3, -0.25) is 4.68 Å². The van der Waals surface area contributed by atoms with Gasteiger partial charge in [-0.15, -0.1) is 0 Å². The van der Waals surface area contributed by atoms with Crippen LogP contribution < -0.4 is 15.4 Å². The van der Waals surface area contributed by atoms with Gasteiger partial charge in [0.1, 0.15) is 5.75 Å². The summed E-state index contributed by atoms with van der Waals surface area (Å²) in [5, 5.41) is 11.8. The van der Waals surface area contributed by atoms with Gasteiger partial charge in [0.25, 0.3) is 0 Å².